The summed E-state index contributed by atoms with van der Waals surface area (Å²) >= 11 is 6.26. The number of rotatable bonds is 8. The van der Waals surface area contributed by atoms with Crippen molar-refractivity contribution in [3.63, 3.8) is 0 Å². The predicted octanol–water partition coefficient (Wildman–Crippen LogP) is 2.34. The van der Waals surface area contributed by atoms with Crippen LogP contribution in [0.1, 0.15) is 12.5 Å². The number of imidazole rings is 1. The Morgan fingerprint density at radius 2 is 2.25 bits per heavy atom. The minimum atomic E-state index is 0.659. The molecule has 0 aliphatic rings. The summed E-state index contributed by atoms with van der Waals surface area (Å²) in [6.45, 7) is 5.15. The molecule has 0 radical (unpaired) electrons. The first-order valence-electron chi connectivity index (χ1n) is 8.03. The molecule has 1 heterocycles. The van der Waals surface area contributed by atoms with E-state index >= 15 is 0 Å². The van der Waals surface area contributed by atoms with Crippen LogP contribution in [0.4, 0.5) is 0 Å². The lowest BCUT2D eigenvalue weighted by atomic mass is 10.1. The van der Waals surface area contributed by atoms with Gasteiger partial charge in [0.25, 0.3) is 0 Å². The van der Waals surface area contributed by atoms with Crippen LogP contribution in [0.2, 0.25) is 5.02 Å². The Morgan fingerprint density at radius 3 is 2.92 bits per heavy atom. The van der Waals surface area contributed by atoms with Gasteiger partial charge >= 0.3 is 0 Å². The van der Waals surface area contributed by atoms with E-state index in [0.29, 0.717) is 11.6 Å². The van der Waals surface area contributed by atoms with Crippen LogP contribution in [0.3, 0.4) is 0 Å². The fourth-order valence-electron chi connectivity index (χ4n) is 2.21. The van der Waals surface area contributed by atoms with E-state index in [1.54, 1.807) is 19.6 Å². The first-order valence-corrected chi connectivity index (χ1v) is 8.41. The van der Waals surface area contributed by atoms with Crippen molar-refractivity contribution in [1.29, 1.82) is 0 Å². The molecule has 1 aromatic carbocycles. The van der Waals surface area contributed by atoms with Crippen LogP contribution in [0.15, 0.2) is 41.9 Å². The predicted molar refractivity (Wildman–Crippen MR) is 97.9 cm³/mol. The van der Waals surface area contributed by atoms with E-state index in [4.69, 9.17) is 16.3 Å². The highest BCUT2D eigenvalue weighted by atomic mass is 35.5. The third kappa shape index (κ3) is 5.77. The Kier molecular flexibility index (Phi) is 7.42. The number of nitrogens with one attached hydrogen (secondary N) is 2. The van der Waals surface area contributed by atoms with Gasteiger partial charge in [0.1, 0.15) is 5.75 Å². The highest BCUT2D eigenvalue weighted by Gasteiger charge is 2.03. The zero-order chi connectivity index (χ0) is 17.2. The summed E-state index contributed by atoms with van der Waals surface area (Å²) < 4.78 is 7.18. The van der Waals surface area contributed by atoms with Crippen LogP contribution in [-0.4, -0.2) is 42.3 Å². The average molecular weight is 350 g/mol. The maximum Gasteiger partial charge on any atom is 0.191 e. The van der Waals surface area contributed by atoms with E-state index in [1.807, 2.05) is 35.9 Å². The molecular formula is C17H24ClN5O. The van der Waals surface area contributed by atoms with Crippen LogP contribution in [-0.2, 0) is 13.0 Å². The number of aliphatic imine (C=N–C) groups is 1. The smallest absolute Gasteiger partial charge is 0.191 e. The lowest BCUT2D eigenvalue weighted by Gasteiger charge is -2.12. The van der Waals surface area contributed by atoms with Gasteiger partial charge in [0, 0.05) is 43.6 Å². The molecule has 0 unspecified atom stereocenters. The molecule has 0 atom stereocenters. The normalized spacial score (nSPS) is 11.4. The lowest BCUT2D eigenvalue weighted by molar-refractivity contribution is 0.414. The van der Waals surface area contributed by atoms with E-state index in [9.17, 15) is 0 Å². The quantitative estimate of drug-likeness (QED) is 0.567. The van der Waals surface area contributed by atoms with E-state index in [2.05, 4.69) is 20.6 Å². The topological polar surface area (TPSA) is 63.5 Å². The van der Waals surface area contributed by atoms with Crippen LogP contribution < -0.4 is 15.4 Å². The summed E-state index contributed by atoms with van der Waals surface area (Å²) in [4.78, 5) is 8.62. The average Bonchev–Trinajstić information content (AvgIpc) is 3.09. The molecule has 0 aliphatic carbocycles. The molecule has 1 aromatic heterocycles. The van der Waals surface area contributed by atoms with Crippen molar-refractivity contribution in [3.05, 3.63) is 47.5 Å². The molecule has 0 fully saturated rings. The van der Waals surface area contributed by atoms with E-state index < -0.39 is 0 Å². The molecule has 0 aliphatic heterocycles. The van der Waals surface area contributed by atoms with Crippen LogP contribution in [0.25, 0.3) is 0 Å². The summed E-state index contributed by atoms with van der Waals surface area (Å²) in [7, 11) is 1.63. The maximum atomic E-state index is 6.26. The minimum Gasteiger partial charge on any atom is -0.497 e. The van der Waals surface area contributed by atoms with Crippen molar-refractivity contribution in [2.45, 2.75) is 19.9 Å². The molecule has 7 heteroatoms. The van der Waals surface area contributed by atoms with Crippen LogP contribution >= 0.6 is 11.6 Å². The van der Waals surface area contributed by atoms with Crippen molar-refractivity contribution in [1.82, 2.24) is 20.2 Å². The number of aromatic nitrogens is 2. The third-order valence-electron chi connectivity index (χ3n) is 3.48. The van der Waals surface area contributed by atoms with Gasteiger partial charge in [0.15, 0.2) is 5.96 Å². The first kappa shape index (κ1) is 18.1. The van der Waals surface area contributed by atoms with Crippen molar-refractivity contribution >= 4 is 17.6 Å². The Labute approximate surface area is 147 Å². The molecule has 2 N–H and O–H groups in total. The minimum absolute atomic E-state index is 0.659. The summed E-state index contributed by atoms with van der Waals surface area (Å²) in [5.74, 6) is 1.57. The van der Waals surface area contributed by atoms with Crippen molar-refractivity contribution in [3.8, 4) is 5.75 Å². The number of guanidine groups is 1. The molecule has 2 rings (SSSR count). The number of ether oxygens (including phenoxy) is 1. The molecular weight excluding hydrogens is 326 g/mol. The lowest BCUT2D eigenvalue weighted by Crippen LogP contribution is -2.39. The maximum absolute atomic E-state index is 6.26. The number of benzene rings is 1. The Hall–Kier alpha value is -2.21. The molecule has 0 spiro atoms. The van der Waals surface area contributed by atoms with E-state index in [-0.39, 0.29) is 0 Å². The summed E-state index contributed by atoms with van der Waals surface area (Å²) in [6, 6.07) is 5.73. The summed E-state index contributed by atoms with van der Waals surface area (Å²) in [5, 5.41) is 7.27. The largest absolute Gasteiger partial charge is 0.497 e. The highest BCUT2D eigenvalue weighted by molar-refractivity contribution is 6.31. The molecule has 6 nitrogen and oxygen atoms in total. The number of halogens is 1. The Bertz CT molecular complexity index is 642. The van der Waals surface area contributed by atoms with Gasteiger partial charge in [0.2, 0.25) is 0 Å². The van der Waals surface area contributed by atoms with Gasteiger partial charge in [-0.1, -0.05) is 17.7 Å². The van der Waals surface area contributed by atoms with Crippen LogP contribution in [0, 0.1) is 0 Å². The van der Waals surface area contributed by atoms with Gasteiger partial charge < -0.3 is 19.9 Å². The van der Waals surface area contributed by atoms with Gasteiger partial charge in [-0.25, -0.2) is 4.98 Å². The summed E-state index contributed by atoms with van der Waals surface area (Å²) in [5.41, 5.74) is 1.07. The van der Waals surface area contributed by atoms with Gasteiger partial charge in [0.05, 0.1) is 13.4 Å². The Morgan fingerprint density at radius 1 is 1.38 bits per heavy atom. The molecule has 24 heavy (non-hydrogen) atoms. The van der Waals surface area contributed by atoms with Gasteiger partial charge in [-0.3, -0.25) is 4.99 Å². The zero-order valence-corrected chi connectivity index (χ0v) is 14.9. The fourth-order valence-corrected chi connectivity index (χ4v) is 2.48. The Balaban J connectivity index is 1.83. The monoisotopic (exact) mass is 349 g/mol. The van der Waals surface area contributed by atoms with Crippen molar-refractivity contribution in [2.75, 3.05) is 26.7 Å². The van der Waals surface area contributed by atoms with Crippen molar-refractivity contribution in [2.24, 2.45) is 4.99 Å². The molecule has 0 saturated carbocycles. The number of hydrogen-bond donors (Lipinski definition) is 2. The van der Waals surface area contributed by atoms with E-state index in [0.717, 1.165) is 43.3 Å². The second-order valence-electron chi connectivity index (χ2n) is 5.20. The molecule has 0 saturated heterocycles. The van der Waals surface area contributed by atoms with Gasteiger partial charge in [-0.05, 0) is 31.0 Å². The van der Waals surface area contributed by atoms with Crippen molar-refractivity contribution < 1.29 is 4.74 Å². The number of hydrogen-bond acceptors (Lipinski definition) is 3. The fraction of sp³-hybridized carbons (Fsp3) is 0.412. The standard InChI is InChI=1S/C17H24ClN5O/c1-3-20-17(22-9-11-23-10-8-19-13-23)21-7-6-14-4-5-15(24-2)12-16(14)18/h4-5,8,10,12-13H,3,6-7,9,11H2,1-2H3,(H2,20,21,22). The number of methoxy groups -OCH3 is 1. The first-order chi connectivity index (χ1) is 11.7. The second kappa shape index (κ2) is 9.82. The molecule has 130 valence electrons. The SMILES string of the molecule is CCNC(=NCCc1ccc(OC)cc1Cl)NCCn1ccnc1. The number of nitrogens with zero attached hydrogens (tertiary/aromatic N) is 3. The second-order valence-corrected chi connectivity index (χ2v) is 5.60. The third-order valence-corrected chi connectivity index (χ3v) is 3.83. The van der Waals surface area contributed by atoms with Crippen LogP contribution in [0.5, 0.6) is 5.75 Å². The van der Waals surface area contributed by atoms with E-state index in [1.165, 1.54) is 0 Å². The van der Waals surface area contributed by atoms with Gasteiger partial charge in [-0.15, -0.1) is 0 Å². The zero-order valence-electron chi connectivity index (χ0n) is 14.1. The van der Waals surface area contributed by atoms with Gasteiger partial charge in [-0.2, -0.15) is 0 Å². The molecule has 0 amide bonds. The highest BCUT2D eigenvalue weighted by Crippen LogP contribution is 2.22. The summed E-state index contributed by atoms with van der Waals surface area (Å²) in [6.07, 6.45) is 6.30. The molecule has 2 aromatic rings. The molecule has 0 bridgehead atoms.